The van der Waals surface area contributed by atoms with Crippen LogP contribution in [0.25, 0.3) is 0 Å². The van der Waals surface area contributed by atoms with Gasteiger partial charge in [-0.1, -0.05) is 12.8 Å². The fourth-order valence-corrected chi connectivity index (χ4v) is 4.46. The van der Waals surface area contributed by atoms with Crippen LogP contribution in [0.5, 0.6) is 0 Å². The van der Waals surface area contributed by atoms with E-state index in [4.69, 9.17) is 4.74 Å². The molecule has 0 atom stereocenters. The molecule has 1 aliphatic carbocycles. The summed E-state index contributed by atoms with van der Waals surface area (Å²) in [5.41, 5.74) is -0.629. The molecule has 1 aromatic heterocycles. The largest absolute Gasteiger partial charge is 0.363 e. The van der Waals surface area contributed by atoms with E-state index in [9.17, 15) is 14.9 Å². The van der Waals surface area contributed by atoms with Crippen molar-refractivity contribution in [3.05, 3.63) is 18.7 Å². The second-order valence-corrected chi connectivity index (χ2v) is 7.74. The molecule has 4 rings (SSSR count). The lowest BCUT2D eigenvalue weighted by Gasteiger charge is -2.47. The van der Waals surface area contributed by atoms with Crippen LogP contribution in [-0.4, -0.2) is 58.5 Å². The molecule has 2 amide bonds. The first-order valence-electron chi connectivity index (χ1n) is 9.48. The quantitative estimate of drug-likeness (QED) is 0.779. The van der Waals surface area contributed by atoms with E-state index in [1.807, 2.05) is 4.90 Å². The predicted molar refractivity (Wildman–Crippen MR) is 95.4 cm³/mol. The second kappa shape index (κ2) is 6.89. The number of likely N-dealkylation sites (tertiary alicyclic amines) is 1. The number of nitriles is 1. The molecule has 1 aromatic rings. The third-order valence-corrected chi connectivity index (χ3v) is 6.15. The number of anilines is 1. The standard InChI is InChI=1S/C19H23N5O3/c20-12-18(3-1-2-4-18)17(26)23-7-5-19(6-8-23)13-24(16(25)11-27-19)15-9-21-14-22-10-15/h9-10,14H,1-8,11,13H2. The molecule has 1 spiro atoms. The van der Waals surface area contributed by atoms with Gasteiger partial charge < -0.3 is 14.5 Å². The number of carbonyl (C=O) groups excluding carboxylic acids is 2. The molecule has 1 saturated carbocycles. The van der Waals surface area contributed by atoms with E-state index in [1.165, 1.54) is 6.33 Å². The number of morpholine rings is 1. The van der Waals surface area contributed by atoms with E-state index in [-0.39, 0.29) is 18.4 Å². The van der Waals surface area contributed by atoms with Crippen molar-refractivity contribution in [1.29, 1.82) is 5.26 Å². The molecule has 8 nitrogen and oxygen atoms in total. The number of hydrogen-bond donors (Lipinski definition) is 0. The SMILES string of the molecule is N#CC1(C(=O)N2CCC3(CC2)CN(c2cncnc2)C(=O)CO3)CCCC1. The van der Waals surface area contributed by atoms with Gasteiger partial charge in [0.25, 0.3) is 5.91 Å². The first kappa shape index (κ1) is 17.9. The minimum Gasteiger partial charge on any atom is -0.363 e. The number of ether oxygens (including phenoxy) is 1. The molecular weight excluding hydrogens is 346 g/mol. The lowest BCUT2D eigenvalue weighted by atomic mass is 9.83. The molecule has 0 bridgehead atoms. The van der Waals surface area contributed by atoms with Gasteiger partial charge in [0.15, 0.2) is 0 Å². The molecule has 0 radical (unpaired) electrons. The Morgan fingerprint density at radius 3 is 2.44 bits per heavy atom. The number of rotatable bonds is 2. The van der Waals surface area contributed by atoms with E-state index in [0.717, 1.165) is 12.8 Å². The molecule has 142 valence electrons. The van der Waals surface area contributed by atoms with Gasteiger partial charge in [-0.25, -0.2) is 9.97 Å². The van der Waals surface area contributed by atoms with Crippen molar-refractivity contribution in [2.24, 2.45) is 5.41 Å². The summed E-state index contributed by atoms with van der Waals surface area (Å²) in [5.74, 6) is -0.138. The van der Waals surface area contributed by atoms with Gasteiger partial charge in [0, 0.05) is 13.1 Å². The zero-order valence-electron chi connectivity index (χ0n) is 15.3. The molecule has 0 N–H and O–H groups in total. The fraction of sp³-hybridized carbons (Fsp3) is 0.632. The maximum absolute atomic E-state index is 12.9. The number of amides is 2. The maximum atomic E-state index is 12.9. The van der Waals surface area contributed by atoms with Crippen molar-refractivity contribution in [2.75, 3.05) is 31.1 Å². The van der Waals surface area contributed by atoms with Gasteiger partial charge in [-0.3, -0.25) is 9.59 Å². The van der Waals surface area contributed by atoms with Gasteiger partial charge in [0.05, 0.1) is 36.3 Å². The number of carbonyl (C=O) groups is 2. The number of hydrogen-bond acceptors (Lipinski definition) is 6. The van der Waals surface area contributed by atoms with E-state index >= 15 is 0 Å². The highest BCUT2D eigenvalue weighted by Crippen LogP contribution is 2.41. The van der Waals surface area contributed by atoms with Crippen LogP contribution in [0.15, 0.2) is 18.7 Å². The minimum absolute atomic E-state index is 0.0188. The third kappa shape index (κ3) is 3.16. The zero-order chi connectivity index (χ0) is 18.9. The second-order valence-electron chi connectivity index (χ2n) is 7.74. The molecule has 0 aromatic carbocycles. The van der Waals surface area contributed by atoms with Gasteiger partial charge in [-0.15, -0.1) is 0 Å². The molecule has 8 heteroatoms. The Hall–Kier alpha value is -2.53. The Bertz CT molecular complexity index is 761. The molecule has 2 aliphatic heterocycles. The molecule has 3 fully saturated rings. The topological polar surface area (TPSA) is 99.4 Å². The lowest BCUT2D eigenvalue weighted by Crippen LogP contribution is -2.60. The number of nitrogens with zero attached hydrogens (tertiary/aromatic N) is 5. The van der Waals surface area contributed by atoms with E-state index in [0.29, 0.717) is 51.0 Å². The van der Waals surface area contributed by atoms with Gasteiger partial charge >= 0.3 is 0 Å². The summed E-state index contributed by atoms with van der Waals surface area (Å²) >= 11 is 0. The van der Waals surface area contributed by atoms with Gasteiger partial charge in [0.1, 0.15) is 18.3 Å². The van der Waals surface area contributed by atoms with Crippen LogP contribution in [0.2, 0.25) is 0 Å². The fourth-order valence-electron chi connectivity index (χ4n) is 4.46. The van der Waals surface area contributed by atoms with Gasteiger partial charge in [0.2, 0.25) is 5.91 Å². The molecule has 3 heterocycles. The molecular formula is C19H23N5O3. The summed E-state index contributed by atoms with van der Waals surface area (Å²) < 4.78 is 5.94. The van der Waals surface area contributed by atoms with Crippen molar-refractivity contribution in [2.45, 2.75) is 44.1 Å². The Labute approximate surface area is 158 Å². The first-order valence-corrected chi connectivity index (χ1v) is 9.48. The summed E-state index contributed by atoms with van der Waals surface area (Å²) in [6.07, 6.45) is 9.19. The van der Waals surface area contributed by atoms with Crippen LogP contribution in [0, 0.1) is 16.7 Å². The summed E-state index contributed by atoms with van der Waals surface area (Å²) in [4.78, 5) is 36.7. The van der Waals surface area contributed by atoms with Crippen LogP contribution in [0.3, 0.4) is 0 Å². The average molecular weight is 369 g/mol. The monoisotopic (exact) mass is 369 g/mol. The first-order chi connectivity index (χ1) is 13.1. The summed E-state index contributed by atoms with van der Waals surface area (Å²) in [5, 5.41) is 9.57. The summed E-state index contributed by atoms with van der Waals surface area (Å²) in [6.45, 7) is 1.56. The van der Waals surface area contributed by atoms with Crippen molar-refractivity contribution < 1.29 is 14.3 Å². The minimum atomic E-state index is -0.832. The smallest absolute Gasteiger partial charge is 0.253 e. The van der Waals surface area contributed by atoms with Crippen molar-refractivity contribution >= 4 is 17.5 Å². The predicted octanol–water partition coefficient (Wildman–Crippen LogP) is 1.28. The van der Waals surface area contributed by atoms with Crippen LogP contribution in [-0.2, 0) is 14.3 Å². The molecule has 2 saturated heterocycles. The molecule has 27 heavy (non-hydrogen) atoms. The summed E-state index contributed by atoms with van der Waals surface area (Å²) in [6, 6.07) is 2.29. The maximum Gasteiger partial charge on any atom is 0.253 e. The third-order valence-electron chi connectivity index (χ3n) is 6.15. The highest BCUT2D eigenvalue weighted by atomic mass is 16.5. The van der Waals surface area contributed by atoms with E-state index < -0.39 is 11.0 Å². The number of piperidine rings is 1. The highest BCUT2D eigenvalue weighted by Gasteiger charge is 2.48. The Morgan fingerprint density at radius 1 is 1.15 bits per heavy atom. The van der Waals surface area contributed by atoms with Crippen molar-refractivity contribution in [3.8, 4) is 6.07 Å². The normalized spacial score (nSPS) is 24.0. The average Bonchev–Trinajstić information content (AvgIpc) is 3.21. The molecule has 3 aliphatic rings. The van der Waals surface area contributed by atoms with Crippen LogP contribution in [0.1, 0.15) is 38.5 Å². The van der Waals surface area contributed by atoms with Crippen molar-refractivity contribution in [1.82, 2.24) is 14.9 Å². The van der Waals surface area contributed by atoms with Crippen molar-refractivity contribution in [3.63, 3.8) is 0 Å². The van der Waals surface area contributed by atoms with E-state index in [2.05, 4.69) is 16.0 Å². The van der Waals surface area contributed by atoms with E-state index in [1.54, 1.807) is 17.3 Å². The Kier molecular flexibility index (Phi) is 4.56. The van der Waals surface area contributed by atoms with Crippen LogP contribution >= 0.6 is 0 Å². The Balaban J connectivity index is 1.44. The summed E-state index contributed by atoms with van der Waals surface area (Å²) in [7, 11) is 0. The molecule has 0 unspecified atom stereocenters. The van der Waals surface area contributed by atoms with Crippen LogP contribution < -0.4 is 4.90 Å². The zero-order valence-corrected chi connectivity index (χ0v) is 15.3. The van der Waals surface area contributed by atoms with Gasteiger partial charge in [-0.05, 0) is 25.7 Å². The number of aromatic nitrogens is 2. The Morgan fingerprint density at radius 2 is 1.81 bits per heavy atom. The highest BCUT2D eigenvalue weighted by molar-refractivity contribution is 5.95. The van der Waals surface area contributed by atoms with Crippen LogP contribution in [0.4, 0.5) is 5.69 Å². The lowest BCUT2D eigenvalue weighted by molar-refractivity contribution is -0.153. The van der Waals surface area contributed by atoms with Gasteiger partial charge in [-0.2, -0.15) is 5.26 Å².